The van der Waals surface area contributed by atoms with Gasteiger partial charge in [-0.3, -0.25) is 9.59 Å². The Labute approximate surface area is 386 Å². The van der Waals surface area contributed by atoms with Crippen LogP contribution in [0.2, 0.25) is 0 Å². The summed E-state index contributed by atoms with van der Waals surface area (Å²) in [6.45, 7) is 6.50. The molecule has 0 aromatic rings. The predicted molar refractivity (Wildman–Crippen MR) is 269 cm³/mol. The molecule has 0 saturated carbocycles. The van der Waals surface area contributed by atoms with Gasteiger partial charge < -0.3 is 20.3 Å². The summed E-state index contributed by atoms with van der Waals surface area (Å²) in [5.41, 5.74) is 0. The van der Waals surface area contributed by atoms with Crippen molar-refractivity contribution in [3.63, 3.8) is 0 Å². The first-order chi connectivity index (χ1) is 30.5. The van der Waals surface area contributed by atoms with E-state index in [4.69, 9.17) is 4.74 Å². The summed E-state index contributed by atoms with van der Waals surface area (Å²) in [6.07, 6.45) is 58.1. The number of hydrogen-bond donors (Lipinski definition) is 3. The summed E-state index contributed by atoms with van der Waals surface area (Å²) in [7, 11) is 0. The average molecular weight is 874 g/mol. The van der Waals surface area contributed by atoms with Crippen molar-refractivity contribution in [1.82, 2.24) is 5.32 Å². The number of ether oxygens (including phenoxy) is 1. The second-order valence-corrected chi connectivity index (χ2v) is 19.0. The maximum absolute atomic E-state index is 13.2. The topological polar surface area (TPSA) is 95.9 Å². The summed E-state index contributed by atoms with van der Waals surface area (Å²) < 4.78 is 5.94. The van der Waals surface area contributed by atoms with Crippen molar-refractivity contribution in [3.8, 4) is 0 Å². The van der Waals surface area contributed by atoms with Gasteiger partial charge in [0.2, 0.25) is 5.91 Å². The van der Waals surface area contributed by atoms with Crippen molar-refractivity contribution >= 4 is 11.9 Å². The van der Waals surface area contributed by atoms with Gasteiger partial charge in [0.05, 0.1) is 25.2 Å². The zero-order chi connectivity index (χ0) is 45.2. The summed E-state index contributed by atoms with van der Waals surface area (Å²) in [6, 6.07) is -0.700. The van der Waals surface area contributed by atoms with E-state index in [1.54, 1.807) is 0 Å². The minimum absolute atomic E-state index is 0.0768. The van der Waals surface area contributed by atoms with Gasteiger partial charge in [-0.15, -0.1) is 0 Å². The Morgan fingerprint density at radius 2 is 0.806 bits per heavy atom. The van der Waals surface area contributed by atoms with Crippen LogP contribution < -0.4 is 5.32 Å². The average Bonchev–Trinajstić information content (AvgIpc) is 3.26. The molecule has 0 aliphatic rings. The highest BCUT2D eigenvalue weighted by atomic mass is 16.5. The van der Waals surface area contributed by atoms with Crippen LogP contribution in [0.15, 0.2) is 24.3 Å². The van der Waals surface area contributed by atoms with Crippen LogP contribution in [0.5, 0.6) is 0 Å². The second-order valence-electron chi connectivity index (χ2n) is 19.0. The molecule has 6 heteroatoms. The van der Waals surface area contributed by atoms with Crippen LogP contribution >= 0.6 is 0 Å². The lowest BCUT2D eigenvalue weighted by atomic mass is 10.0. The Kier molecular flexibility index (Phi) is 49.0. The molecule has 0 heterocycles. The molecule has 0 rings (SSSR count). The lowest BCUT2D eigenvalue weighted by Crippen LogP contribution is -2.46. The molecule has 0 aromatic heterocycles. The first-order valence-corrected chi connectivity index (χ1v) is 27.6. The fraction of sp³-hybridized carbons (Fsp3) is 0.893. The number of aliphatic hydroxyl groups is 2. The van der Waals surface area contributed by atoms with Gasteiger partial charge in [-0.1, -0.05) is 257 Å². The van der Waals surface area contributed by atoms with Gasteiger partial charge >= 0.3 is 5.97 Å². The van der Waals surface area contributed by atoms with Crippen molar-refractivity contribution in [2.45, 2.75) is 315 Å². The molecule has 0 fully saturated rings. The van der Waals surface area contributed by atoms with E-state index in [0.29, 0.717) is 19.3 Å². The van der Waals surface area contributed by atoms with Crippen LogP contribution in [-0.2, 0) is 14.3 Å². The van der Waals surface area contributed by atoms with Crippen molar-refractivity contribution < 1.29 is 24.5 Å². The molecule has 62 heavy (non-hydrogen) atoms. The molecule has 3 atom stereocenters. The van der Waals surface area contributed by atoms with E-state index in [1.807, 2.05) is 0 Å². The molecule has 0 aliphatic carbocycles. The minimum atomic E-state index is -0.786. The fourth-order valence-corrected chi connectivity index (χ4v) is 8.60. The van der Waals surface area contributed by atoms with Crippen molar-refractivity contribution in [2.75, 3.05) is 6.61 Å². The van der Waals surface area contributed by atoms with E-state index < -0.39 is 18.2 Å². The Morgan fingerprint density at radius 1 is 0.468 bits per heavy atom. The van der Waals surface area contributed by atoms with Crippen molar-refractivity contribution in [2.24, 2.45) is 0 Å². The highest BCUT2D eigenvalue weighted by Gasteiger charge is 2.24. The third-order valence-electron chi connectivity index (χ3n) is 12.8. The second kappa shape index (κ2) is 50.3. The van der Waals surface area contributed by atoms with Crippen LogP contribution in [0.3, 0.4) is 0 Å². The van der Waals surface area contributed by atoms with E-state index in [0.717, 1.165) is 51.4 Å². The maximum Gasteiger partial charge on any atom is 0.306 e. The number of esters is 1. The Balaban J connectivity index is 4.49. The molecule has 3 unspecified atom stereocenters. The normalized spacial score (nSPS) is 13.3. The first-order valence-electron chi connectivity index (χ1n) is 27.6. The summed E-state index contributed by atoms with van der Waals surface area (Å²) >= 11 is 0. The largest absolute Gasteiger partial charge is 0.462 e. The standard InChI is InChI=1S/C56H107NO5/c1-4-7-10-13-16-19-22-24-26-27-28-29-31-34-37-40-43-46-49-56(61)62-52(47-44-41-38-35-32-21-18-15-12-9-6-3)50-55(60)57-53(51-58)54(59)48-45-42-39-36-33-30-25-23-20-17-14-11-8-5-2/h26-29,52-54,58-59H,4-25,30-51H2,1-3H3,(H,57,60)/b27-26+,29-28+. The number of unbranched alkanes of at least 4 members (excludes halogenated alkanes) is 35. The SMILES string of the molecule is CCCCCCCCC/C=C/C=C/CCCCCCCC(=O)OC(CCCCCCCCCCCCC)CC(=O)NC(CO)C(O)CCCCCCCCCCCCCCCC. The predicted octanol–water partition coefficient (Wildman–Crippen LogP) is 16.7. The van der Waals surface area contributed by atoms with Crippen LogP contribution in [0, 0.1) is 0 Å². The third-order valence-corrected chi connectivity index (χ3v) is 12.8. The molecule has 3 N–H and O–H groups in total. The summed E-state index contributed by atoms with van der Waals surface area (Å²) in [4.78, 5) is 26.2. The first kappa shape index (κ1) is 60.3. The highest BCUT2D eigenvalue weighted by molar-refractivity contribution is 5.77. The van der Waals surface area contributed by atoms with E-state index >= 15 is 0 Å². The van der Waals surface area contributed by atoms with Crippen molar-refractivity contribution in [1.29, 1.82) is 0 Å². The molecule has 6 nitrogen and oxygen atoms in total. The lowest BCUT2D eigenvalue weighted by molar-refractivity contribution is -0.151. The van der Waals surface area contributed by atoms with Gasteiger partial charge in [-0.2, -0.15) is 0 Å². The van der Waals surface area contributed by atoms with E-state index in [2.05, 4.69) is 50.4 Å². The third kappa shape index (κ3) is 44.9. The van der Waals surface area contributed by atoms with Gasteiger partial charge in [-0.25, -0.2) is 0 Å². The summed E-state index contributed by atoms with van der Waals surface area (Å²) in [5.74, 6) is -0.476. The molecule has 0 aromatic carbocycles. The van der Waals surface area contributed by atoms with E-state index in [9.17, 15) is 19.8 Å². The molecule has 1 amide bonds. The van der Waals surface area contributed by atoms with E-state index in [-0.39, 0.29) is 24.9 Å². The molecule has 0 saturated heterocycles. The lowest BCUT2D eigenvalue weighted by Gasteiger charge is -2.24. The van der Waals surface area contributed by atoms with Gasteiger partial charge in [0, 0.05) is 6.42 Å². The summed E-state index contributed by atoms with van der Waals surface area (Å²) in [5, 5.41) is 23.8. The van der Waals surface area contributed by atoms with Crippen LogP contribution in [0.1, 0.15) is 297 Å². The minimum Gasteiger partial charge on any atom is -0.462 e. The highest BCUT2D eigenvalue weighted by Crippen LogP contribution is 2.18. The van der Waals surface area contributed by atoms with E-state index in [1.165, 1.54) is 199 Å². The maximum atomic E-state index is 13.2. The monoisotopic (exact) mass is 874 g/mol. The Hall–Kier alpha value is -1.66. The van der Waals surface area contributed by atoms with Crippen LogP contribution in [-0.4, -0.2) is 46.9 Å². The molecule has 0 aliphatic heterocycles. The number of hydrogen-bond acceptors (Lipinski definition) is 5. The van der Waals surface area contributed by atoms with Crippen LogP contribution in [0.4, 0.5) is 0 Å². The number of amides is 1. The number of allylic oxidation sites excluding steroid dienone is 4. The number of aliphatic hydroxyl groups excluding tert-OH is 2. The van der Waals surface area contributed by atoms with Crippen LogP contribution in [0.25, 0.3) is 0 Å². The molecule has 0 radical (unpaired) electrons. The van der Waals surface area contributed by atoms with Gasteiger partial charge in [0.1, 0.15) is 6.10 Å². The quantitative estimate of drug-likeness (QED) is 0.0321. The molecule has 366 valence electrons. The zero-order valence-electron chi connectivity index (χ0n) is 41.8. The zero-order valence-corrected chi connectivity index (χ0v) is 41.8. The fourth-order valence-electron chi connectivity index (χ4n) is 8.60. The number of carbonyl (C=O) groups is 2. The molecule has 0 bridgehead atoms. The molecule has 0 spiro atoms. The number of rotatable bonds is 50. The Bertz CT molecular complexity index is 981. The van der Waals surface area contributed by atoms with Gasteiger partial charge in [0.25, 0.3) is 0 Å². The smallest absolute Gasteiger partial charge is 0.306 e. The van der Waals surface area contributed by atoms with Gasteiger partial charge in [-0.05, 0) is 51.4 Å². The molecular formula is C56H107NO5. The van der Waals surface area contributed by atoms with Gasteiger partial charge in [0.15, 0.2) is 0 Å². The molecular weight excluding hydrogens is 767 g/mol. The Morgan fingerprint density at radius 3 is 1.19 bits per heavy atom. The van der Waals surface area contributed by atoms with Crippen molar-refractivity contribution in [3.05, 3.63) is 24.3 Å². The number of carbonyl (C=O) groups excluding carboxylic acids is 2. The number of nitrogens with one attached hydrogen (secondary N) is 1.